The normalized spacial score (nSPS) is 14.1. The second-order valence-corrected chi connectivity index (χ2v) is 6.28. The van der Waals surface area contributed by atoms with Crippen LogP contribution in [0.4, 0.5) is 23.1 Å². The zero-order valence-corrected chi connectivity index (χ0v) is 15.2. The number of nitrogens with one attached hydrogen (secondary N) is 1. The predicted molar refractivity (Wildman–Crippen MR) is 107 cm³/mol. The number of anilines is 4. The van der Waals surface area contributed by atoms with Crippen LogP contribution < -0.4 is 19.9 Å². The van der Waals surface area contributed by atoms with E-state index < -0.39 is 0 Å². The van der Waals surface area contributed by atoms with Crippen LogP contribution in [0.5, 0.6) is 5.75 Å². The van der Waals surface area contributed by atoms with E-state index in [1.165, 1.54) is 0 Å². The third kappa shape index (κ3) is 3.92. The molecule has 1 N–H and O–H groups in total. The van der Waals surface area contributed by atoms with E-state index in [0.717, 1.165) is 49.1 Å². The molecule has 0 saturated carbocycles. The van der Waals surface area contributed by atoms with E-state index in [1.807, 2.05) is 48.5 Å². The standard InChI is InChI=1S/C20H22N6O/c1-27-18-10-6-5-9-17(18)25-11-13-26(14-12-25)19-15-21-24-20(23-19)22-16-7-3-2-4-8-16/h2-10,15H,11-14H2,1H3,(H,22,23,24). The van der Waals surface area contributed by atoms with Crippen molar-refractivity contribution in [3.63, 3.8) is 0 Å². The zero-order chi connectivity index (χ0) is 18.5. The van der Waals surface area contributed by atoms with Crippen LogP contribution in [-0.4, -0.2) is 48.5 Å². The number of para-hydroxylation sites is 3. The molecule has 138 valence electrons. The lowest BCUT2D eigenvalue weighted by Gasteiger charge is -2.37. The van der Waals surface area contributed by atoms with E-state index >= 15 is 0 Å². The SMILES string of the molecule is COc1ccccc1N1CCN(c2cnnc(Nc3ccccc3)n2)CC1. The van der Waals surface area contributed by atoms with Gasteiger partial charge in [0.15, 0.2) is 5.82 Å². The van der Waals surface area contributed by atoms with E-state index in [1.54, 1.807) is 13.3 Å². The number of benzene rings is 2. The van der Waals surface area contributed by atoms with Gasteiger partial charge in [0.05, 0.1) is 19.0 Å². The number of ether oxygens (including phenoxy) is 1. The van der Waals surface area contributed by atoms with Gasteiger partial charge >= 0.3 is 0 Å². The molecule has 27 heavy (non-hydrogen) atoms. The average Bonchev–Trinajstić information content (AvgIpc) is 2.75. The third-order valence-electron chi connectivity index (χ3n) is 4.61. The molecular formula is C20H22N6O. The maximum atomic E-state index is 5.49. The Morgan fingerprint density at radius 3 is 2.37 bits per heavy atom. The van der Waals surface area contributed by atoms with Gasteiger partial charge in [-0.1, -0.05) is 30.3 Å². The summed E-state index contributed by atoms with van der Waals surface area (Å²) in [6.45, 7) is 3.51. The van der Waals surface area contributed by atoms with Crippen LogP contribution in [-0.2, 0) is 0 Å². The van der Waals surface area contributed by atoms with Crippen molar-refractivity contribution in [2.45, 2.75) is 0 Å². The fourth-order valence-corrected chi connectivity index (χ4v) is 3.22. The first-order chi connectivity index (χ1) is 13.3. The maximum absolute atomic E-state index is 5.49. The number of aromatic nitrogens is 3. The lowest BCUT2D eigenvalue weighted by Crippen LogP contribution is -2.47. The first kappa shape index (κ1) is 17.1. The topological polar surface area (TPSA) is 66.4 Å². The molecule has 1 aliphatic heterocycles. The molecule has 1 fully saturated rings. The van der Waals surface area contributed by atoms with Gasteiger partial charge in [0.25, 0.3) is 0 Å². The van der Waals surface area contributed by atoms with Gasteiger partial charge in [-0.3, -0.25) is 0 Å². The molecule has 1 saturated heterocycles. The van der Waals surface area contributed by atoms with Crippen molar-refractivity contribution in [3.8, 4) is 5.75 Å². The first-order valence-electron chi connectivity index (χ1n) is 8.98. The van der Waals surface area contributed by atoms with Crippen LogP contribution in [0.2, 0.25) is 0 Å². The fourth-order valence-electron chi connectivity index (χ4n) is 3.22. The molecule has 7 heteroatoms. The van der Waals surface area contributed by atoms with Gasteiger partial charge in [0.1, 0.15) is 5.75 Å². The number of piperazine rings is 1. The quantitative estimate of drug-likeness (QED) is 0.748. The molecular weight excluding hydrogens is 340 g/mol. The summed E-state index contributed by atoms with van der Waals surface area (Å²) in [5, 5.41) is 11.4. The number of methoxy groups -OCH3 is 1. The van der Waals surface area contributed by atoms with Gasteiger partial charge in [0.2, 0.25) is 5.95 Å². The van der Waals surface area contributed by atoms with Crippen molar-refractivity contribution in [2.24, 2.45) is 0 Å². The minimum atomic E-state index is 0.505. The zero-order valence-electron chi connectivity index (χ0n) is 15.2. The van der Waals surface area contributed by atoms with Crippen molar-refractivity contribution < 1.29 is 4.74 Å². The predicted octanol–water partition coefficient (Wildman–Crippen LogP) is 2.95. The molecule has 3 aromatic rings. The molecule has 0 bridgehead atoms. The van der Waals surface area contributed by atoms with Crippen molar-refractivity contribution >= 4 is 23.1 Å². The van der Waals surface area contributed by atoms with Gasteiger partial charge in [-0.2, -0.15) is 10.1 Å². The summed E-state index contributed by atoms with van der Waals surface area (Å²) in [5.74, 6) is 2.25. The fraction of sp³-hybridized carbons (Fsp3) is 0.250. The molecule has 0 atom stereocenters. The number of hydrogen-bond donors (Lipinski definition) is 1. The average molecular weight is 362 g/mol. The highest BCUT2D eigenvalue weighted by Gasteiger charge is 2.21. The van der Waals surface area contributed by atoms with Crippen molar-refractivity contribution in [2.75, 3.05) is 48.4 Å². The smallest absolute Gasteiger partial charge is 0.249 e. The second-order valence-electron chi connectivity index (χ2n) is 6.28. The monoisotopic (exact) mass is 362 g/mol. The Kier molecular flexibility index (Phi) is 5.00. The minimum Gasteiger partial charge on any atom is -0.495 e. The number of hydrogen-bond acceptors (Lipinski definition) is 7. The highest BCUT2D eigenvalue weighted by Crippen LogP contribution is 2.29. The highest BCUT2D eigenvalue weighted by atomic mass is 16.5. The molecule has 1 aliphatic rings. The van der Waals surface area contributed by atoms with Crippen LogP contribution in [0, 0.1) is 0 Å². The van der Waals surface area contributed by atoms with Crippen LogP contribution in [0.3, 0.4) is 0 Å². The highest BCUT2D eigenvalue weighted by molar-refractivity contribution is 5.60. The summed E-state index contributed by atoms with van der Waals surface area (Å²) in [6, 6.07) is 18.0. The van der Waals surface area contributed by atoms with Crippen LogP contribution >= 0.6 is 0 Å². The summed E-state index contributed by atoms with van der Waals surface area (Å²) < 4.78 is 5.49. The lowest BCUT2D eigenvalue weighted by molar-refractivity contribution is 0.413. The maximum Gasteiger partial charge on any atom is 0.249 e. The molecule has 0 unspecified atom stereocenters. The van der Waals surface area contributed by atoms with Gasteiger partial charge in [-0.25, -0.2) is 0 Å². The molecule has 1 aromatic heterocycles. The Hall–Kier alpha value is -3.35. The Morgan fingerprint density at radius 1 is 0.889 bits per heavy atom. The van der Waals surface area contributed by atoms with Gasteiger partial charge in [-0.05, 0) is 24.3 Å². The van der Waals surface area contributed by atoms with Crippen LogP contribution in [0.1, 0.15) is 0 Å². The van der Waals surface area contributed by atoms with E-state index in [2.05, 4.69) is 36.4 Å². The summed E-state index contributed by atoms with van der Waals surface area (Å²) in [6.07, 6.45) is 1.72. The van der Waals surface area contributed by atoms with Gasteiger partial charge in [-0.15, -0.1) is 5.10 Å². The first-order valence-corrected chi connectivity index (χ1v) is 8.98. The third-order valence-corrected chi connectivity index (χ3v) is 4.61. The van der Waals surface area contributed by atoms with Crippen LogP contribution in [0.15, 0.2) is 60.8 Å². The van der Waals surface area contributed by atoms with Crippen molar-refractivity contribution in [1.82, 2.24) is 15.2 Å². The van der Waals surface area contributed by atoms with E-state index in [4.69, 9.17) is 4.74 Å². The second kappa shape index (κ2) is 7.90. The summed E-state index contributed by atoms with van der Waals surface area (Å²) in [7, 11) is 1.71. The Morgan fingerprint density at radius 2 is 1.59 bits per heavy atom. The van der Waals surface area contributed by atoms with E-state index in [-0.39, 0.29) is 0 Å². The van der Waals surface area contributed by atoms with Crippen molar-refractivity contribution in [3.05, 3.63) is 60.8 Å². The molecule has 0 radical (unpaired) electrons. The minimum absolute atomic E-state index is 0.505. The molecule has 4 rings (SSSR count). The molecule has 7 nitrogen and oxygen atoms in total. The van der Waals surface area contributed by atoms with Gasteiger partial charge in [0, 0.05) is 31.9 Å². The molecule has 2 heterocycles. The Labute approximate surface area is 158 Å². The largest absolute Gasteiger partial charge is 0.495 e. The number of nitrogens with zero attached hydrogens (tertiary/aromatic N) is 5. The number of rotatable bonds is 5. The van der Waals surface area contributed by atoms with Crippen LogP contribution in [0.25, 0.3) is 0 Å². The summed E-state index contributed by atoms with van der Waals surface area (Å²) in [4.78, 5) is 9.19. The summed E-state index contributed by atoms with van der Waals surface area (Å²) >= 11 is 0. The Bertz CT molecular complexity index is 880. The molecule has 0 amide bonds. The molecule has 2 aromatic carbocycles. The van der Waals surface area contributed by atoms with Gasteiger partial charge < -0.3 is 19.9 Å². The van der Waals surface area contributed by atoms with E-state index in [0.29, 0.717) is 5.95 Å². The van der Waals surface area contributed by atoms with E-state index in [9.17, 15) is 0 Å². The van der Waals surface area contributed by atoms with Crippen molar-refractivity contribution in [1.29, 1.82) is 0 Å². The lowest BCUT2D eigenvalue weighted by atomic mass is 10.2. The Balaban J connectivity index is 1.43. The molecule has 0 aliphatic carbocycles. The summed E-state index contributed by atoms with van der Waals surface area (Å²) in [5.41, 5.74) is 2.07. The molecule has 0 spiro atoms.